The van der Waals surface area contributed by atoms with Crippen molar-refractivity contribution in [2.24, 2.45) is 28.8 Å². The average molecular weight is 476 g/mol. The minimum absolute atomic E-state index is 0.0190. The molecular formula is C26H25N3O6. The van der Waals surface area contributed by atoms with E-state index in [1.54, 1.807) is 30.3 Å². The average Bonchev–Trinajstić information content (AvgIpc) is 3.15. The van der Waals surface area contributed by atoms with Gasteiger partial charge in [0, 0.05) is 12.1 Å². The predicted molar refractivity (Wildman–Crippen MR) is 127 cm³/mol. The van der Waals surface area contributed by atoms with E-state index in [1.807, 2.05) is 6.92 Å². The number of fused-ring (bicyclic) bond motifs is 1. The first-order chi connectivity index (χ1) is 17.0. The van der Waals surface area contributed by atoms with Crippen LogP contribution in [0.25, 0.3) is 0 Å². The van der Waals surface area contributed by atoms with Crippen LogP contribution in [-0.2, 0) is 16.2 Å². The van der Waals surface area contributed by atoms with Gasteiger partial charge >= 0.3 is 0 Å². The summed E-state index contributed by atoms with van der Waals surface area (Å²) in [5.41, 5.74) is 1.46. The molecule has 1 saturated heterocycles. The van der Waals surface area contributed by atoms with Gasteiger partial charge in [0.15, 0.2) is 11.5 Å². The zero-order valence-corrected chi connectivity index (χ0v) is 19.2. The number of benzene rings is 2. The van der Waals surface area contributed by atoms with Crippen molar-refractivity contribution in [1.82, 2.24) is 5.01 Å². The van der Waals surface area contributed by atoms with Crippen molar-refractivity contribution >= 4 is 23.7 Å². The molecule has 0 aromatic heterocycles. The van der Waals surface area contributed by atoms with Crippen LogP contribution in [0.1, 0.15) is 30.9 Å². The number of nitro groups is 1. The number of non-ortho nitro benzene ring substituents is 1. The third kappa shape index (κ3) is 4.29. The smallest absolute Gasteiger partial charge is 0.269 e. The van der Waals surface area contributed by atoms with Crippen LogP contribution in [0.4, 0.5) is 5.69 Å². The Hall–Kier alpha value is -4.01. The zero-order chi connectivity index (χ0) is 24.5. The number of hydrazone groups is 1. The normalized spacial score (nSPS) is 24.8. The summed E-state index contributed by atoms with van der Waals surface area (Å²) < 4.78 is 11.6. The van der Waals surface area contributed by atoms with Crippen LogP contribution in [0.15, 0.2) is 59.7 Å². The summed E-state index contributed by atoms with van der Waals surface area (Å²) in [6.45, 7) is 2.48. The number of imide groups is 1. The maximum absolute atomic E-state index is 12.9. The summed E-state index contributed by atoms with van der Waals surface area (Å²) in [7, 11) is 0. The number of carbonyl (C=O) groups excluding carboxylic acids is 2. The van der Waals surface area contributed by atoms with Crippen molar-refractivity contribution in [3.05, 3.63) is 75.9 Å². The monoisotopic (exact) mass is 475 g/mol. The fraction of sp³-hybridized carbons (Fsp3) is 0.346. The minimum Gasteiger partial charge on any atom is -0.490 e. The highest BCUT2D eigenvalue weighted by Gasteiger charge is 2.56. The highest BCUT2D eigenvalue weighted by Crippen LogP contribution is 2.49. The molecule has 0 radical (unpaired) electrons. The van der Waals surface area contributed by atoms with Crippen LogP contribution in [0, 0.1) is 33.8 Å². The molecular weight excluding hydrogens is 450 g/mol. The maximum Gasteiger partial charge on any atom is 0.269 e. The van der Waals surface area contributed by atoms with Gasteiger partial charge < -0.3 is 9.47 Å². The molecule has 0 N–H and O–H groups in total. The van der Waals surface area contributed by atoms with E-state index in [0.717, 1.165) is 23.4 Å². The largest absolute Gasteiger partial charge is 0.490 e. The molecule has 2 amide bonds. The summed E-state index contributed by atoms with van der Waals surface area (Å²) in [5, 5.41) is 16.1. The molecule has 1 aliphatic heterocycles. The lowest BCUT2D eigenvalue weighted by atomic mass is 9.63. The van der Waals surface area contributed by atoms with Crippen LogP contribution >= 0.6 is 0 Å². The maximum atomic E-state index is 12.9. The standard InChI is InChI=1S/C26H25N3O6/c1-2-34-22-13-17(5-12-21(22)35-15-16-3-10-20(11-4-16)29(32)33)14-27-28-25(30)23-18-6-7-19(9-8-18)24(23)26(28)31/h3-7,10-14,18-19,23-24H,2,8-9,15H2,1H3/b27-14+. The Kier molecular flexibility index (Phi) is 6.07. The number of allylic oxidation sites excluding steroid dienone is 2. The van der Waals surface area contributed by atoms with Gasteiger partial charge in [-0.1, -0.05) is 12.2 Å². The van der Waals surface area contributed by atoms with Gasteiger partial charge in [-0.3, -0.25) is 19.7 Å². The van der Waals surface area contributed by atoms with E-state index >= 15 is 0 Å². The molecule has 3 aliphatic carbocycles. The number of hydrogen-bond donors (Lipinski definition) is 0. The molecule has 4 unspecified atom stereocenters. The Morgan fingerprint density at radius 3 is 2.23 bits per heavy atom. The van der Waals surface area contributed by atoms with Gasteiger partial charge in [0.2, 0.25) is 0 Å². The van der Waals surface area contributed by atoms with Gasteiger partial charge in [-0.15, -0.1) is 0 Å². The van der Waals surface area contributed by atoms with E-state index in [-0.39, 0.29) is 47.8 Å². The topological polar surface area (TPSA) is 111 Å². The van der Waals surface area contributed by atoms with Crippen molar-refractivity contribution in [2.45, 2.75) is 26.4 Å². The van der Waals surface area contributed by atoms with E-state index in [1.165, 1.54) is 18.3 Å². The molecule has 1 saturated carbocycles. The van der Waals surface area contributed by atoms with E-state index in [0.29, 0.717) is 23.7 Å². The number of hydrogen-bond acceptors (Lipinski definition) is 7. The van der Waals surface area contributed by atoms with Crippen LogP contribution in [0.2, 0.25) is 0 Å². The number of ether oxygens (including phenoxy) is 2. The van der Waals surface area contributed by atoms with E-state index in [2.05, 4.69) is 17.3 Å². The second-order valence-electron chi connectivity index (χ2n) is 8.93. The summed E-state index contributed by atoms with van der Waals surface area (Å²) >= 11 is 0. The van der Waals surface area contributed by atoms with Gasteiger partial charge in [-0.05, 0) is 73.1 Å². The van der Waals surface area contributed by atoms with Crippen LogP contribution < -0.4 is 9.47 Å². The van der Waals surface area contributed by atoms with Crippen LogP contribution in [-0.4, -0.2) is 34.6 Å². The first-order valence-electron chi connectivity index (χ1n) is 11.7. The van der Waals surface area contributed by atoms with Crippen molar-refractivity contribution in [2.75, 3.05) is 6.61 Å². The fourth-order valence-electron chi connectivity index (χ4n) is 5.16. The van der Waals surface area contributed by atoms with E-state index in [9.17, 15) is 19.7 Å². The summed E-state index contributed by atoms with van der Waals surface area (Å²) in [6, 6.07) is 11.4. The van der Waals surface area contributed by atoms with Crippen LogP contribution in [0.3, 0.4) is 0 Å². The number of nitrogens with zero attached hydrogens (tertiary/aromatic N) is 3. The van der Waals surface area contributed by atoms with E-state index < -0.39 is 4.92 Å². The van der Waals surface area contributed by atoms with Crippen molar-refractivity contribution < 1.29 is 24.0 Å². The number of rotatable bonds is 8. The highest BCUT2D eigenvalue weighted by atomic mass is 16.6. The quantitative estimate of drug-likeness (QED) is 0.187. The Morgan fingerprint density at radius 1 is 1.00 bits per heavy atom. The molecule has 9 nitrogen and oxygen atoms in total. The second-order valence-corrected chi connectivity index (χ2v) is 8.93. The molecule has 2 bridgehead atoms. The number of nitro benzene ring substituents is 1. The summed E-state index contributed by atoms with van der Waals surface area (Å²) in [5.74, 6) is 0.219. The molecule has 4 atom stereocenters. The molecule has 2 aromatic carbocycles. The lowest BCUT2D eigenvalue weighted by Gasteiger charge is -2.37. The van der Waals surface area contributed by atoms with Crippen molar-refractivity contribution in [3.8, 4) is 11.5 Å². The molecule has 2 fully saturated rings. The number of carbonyl (C=O) groups is 2. The van der Waals surface area contributed by atoms with Gasteiger partial charge in [0.05, 0.1) is 29.6 Å². The molecule has 4 aliphatic rings. The summed E-state index contributed by atoms with van der Waals surface area (Å²) in [4.78, 5) is 36.2. The second kappa shape index (κ2) is 9.32. The lowest BCUT2D eigenvalue weighted by molar-refractivity contribution is -0.384. The van der Waals surface area contributed by atoms with Gasteiger partial charge in [0.25, 0.3) is 17.5 Å². The summed E-state index contributed by atoms with van der Waals surface area (Å²) in [6.07, 6.45) is 7.54. The van der Waals surface area contributed by atoms with Crippen LogP contribution in [0.5, 0.6) is 11.5 Å². The lowest BCUT2D eigenvalue weighted by Crippen LogP contribution is -2.38. The van der Waals surface area contributed by atoms with Gasteiger partial charge in [-0.2, -0.15) is 10.1 Å². The van der Waals surface area contributed by atoms with Crippen molar-refractivity contribution in [1.29, 1.82) is 0 Å². The van der Waals surface area contributed by atoms with E-state index in [4.69, 9.17) is 9.47 Å². The Balaban J connectivity index is 1.29. The Labute approximate surface area is 202 Å². The zero-order valence-electron chi connectivity index (χ0n) is 19.2. The SMILES string of the molecule is CCOc1cc(/C=N/N2C(=O)C3C4C=CC(CC4)C3C2=O)ccc1OCc1ccc([N+](=O)[O-])cc1. The minimum atomic E-state index is -0.448. The molecule has 6 rings (SSSR count). The molecule has 2 aromatic rings. The van der Waals surface area contributed by atoms with Gasteiger partial charge in [-0.25, -0.2) is 0 Å². The predicted octanol–water partition coefficient (Wildman–Crippen LogP) is 4.10. The highest BCUT2D eigenvalue weighted by molar-refractivity contribution is 6.06. The Morgan fingerprint density at radius 2 is 1.66 bits per heavy atom. The molecule has 0 spiro atoms. The number of amides is 2. The van der Waals surface area contributed by atoms with Crippen molar-refractivity contribution in [3.63, 3.8) is 0 Å². The Bertz CT molecular complexity index is 1190. The molecule has 180 valence electrons. The molecule has 9 heteroatoms. The molecule has 35 heavy (non-hydrogen) atoms. The van der Waals surface area contributed by atoms with Gasteiger partial charge in [0.1, 0.15) is 6.61 Å². The first kappa shape index (κ1) is 22.8. The third-order valence-electron chi connectivity index (χ3n) is 6.87. The molecule has 1 heterocycles. The third-order valence-corrected chi connectivity index (χ3v) is 6.87. The fourth-order valence-corrected chi connectivity index (χ4v) is 5.16. The first-order valence-corrected chi connectivity index (χ1v) is 11.7.